The predicted octanol–water partition coefficient (Wildman–Crippen LogP) is 2.86. The van der Waals surface area contributed by atoms with Crippen LogP contribution in [0.1, 0.15) is 11.3 Å². The number of aryl methyl sites for hydroxylation is 1. The first kappa shape index (κ1) is 15.3. The molecule has 0 atom stereocenters. The maximum absolute atomic E-state index is 13.4. The van der Waals surface area contributed by atoms with Crippen LogP contribution in [0, 0.1) is 18.6 Å². The molecule has 0 saturated carbocycles. The summed E-state index contributed by atoms with van der Waals surface area (Å²) in [5.41, 5.74) is 0.175. The van der Waals surface area contributed by atoms with E-state index < -0.39 is 21.7 Å². The first-order chi connectivity index (χ1) is 9.29. The molecule has 2 aromatic rings. The summed E-state index contributed by atoms with van der Waals surface area (Å²) in [7, 11) is -3.87. The van der Waals surface area contributed by atoms with Crippen molar-refractivity contribution in [2.24, 2.45) is 0 Å². The minimum Gasteiger partial charge on any atom is -0.229 e. The van der Waals surface area contributed by atoms with Gasteiger partial charge in [-0.2, -0.15) is 0 Å². The first-order valence-electron chi connectivity index (χ1n) is 5.36. The number of rotatable bonds is 4. The minimum absolute atomic E-state index is 0.0423. The Morgan fingerprint density at radius 3 is 2.70 bits per heavy atom. The number of benzene rings is 1. The van der Waals surface area contributed by atoms with E-state index in [1.165, 1.54) is 6.92 Å². The third-order valence-corrected chi connectivity index (χ3v) is 5.71. The Balaban J connectivity index is 2.21. The highest BCUT2D eigenvalue weighted by Gasteiger charge is 2.21. The third kappa shape index (κ3) is 3.32. The van der Waals surface area contributed by atoms with Gasteiger partial charge in [-0.1, -0.05) is 22.9 Å². The fourth-order valence-electron chi connectivity index (χ4n) is 1.52. The highest BCUT2D eigenvalue weighted by molar-refractivity contribution is 7.91. The number of hydrogen-bond donors (Lipinski definition) is 1. The van der Waals surface area contributed by atoms with Crippen molar-refractivity contribution in [2.45, 2.75) is 17.7 Å². The van der Waals surface area contributed by atoms with Crippen LogP contribution in [0.4, 0.5) is 8.78 Å². The molecule has 0 aliphatic rings. The van der Waals surface area contributed by atoms with E-state index in [2.05, 4.69) is 9.71 Å². The van der Waals surface area contributed by atoms with Gasteiger partial charge in [-0.05, 0) is 25.1 Å². The Morgan fingerprint density at radius 1 is 1.40 bits per heavy atom. The lowest BCUT2D eigenvalue weighted by Gasteiger charge is -2.06. The van der Waals surface area contributed by atoms with E-state index in [0.717, 1.165) is 29.5 Å². The van der Waals surface area contributed by atoms with E-state index in [1.54, 1.807) is 0 Å². The van der Waals surface area contributed by atoms with Gasteiger partial charge in [0.2, 0.25) is 0 Å². The average Bonchev–Trinajstić information content (AvgIpc) is 2.70. The quantitative estimate of drug-likeness (QED) is 0.932. The third-order valence-electron chi connectivity index (χ3n) is 2.43. The molecule has 0 aliphatic carbocycles. The summed E-state index contributed by atoms with van der Waals surface area (Å²) in [4.78, 5) is 3.79. The standard InChI is InChI=1S/C11H9ClF2N2O2S2/c1-6-10(19-11(12)16-6)20(17,18)15-5-7-4-8(13)2-3-9(7)14/h2-4,15H,5H2,1H3. The fraction of sp³-hybridized carbons (Fsp3) is 0.182. The topological polar surface area (TPSA) is 59.1 Å². The van der Waals surface area contributed by atoms with Crippen LogP contribution >= 0.6 is 22.9 Å². The number of halogens is 3. The molecular formula is C11H9ClF2N2O2S2. The van der Waals surface area contributed by atoms with Crippen molar-refractivity contribution in [3.05, 3.63) is 45.6 Å². The second kappa shape index (κ2) is 5.72. The molecule has 1 heterocycles. The molecule has 1 aromatic carbocycles. The normalized spacial score (nSPS) is 11.8. The van der Waals surface area contributed by atoms with Gasteiger partial charge in [0.1, 0.15) is 11.6 Å². The van der Waals surface area contributed by atoms with Crippen LogP contribution in [0.2, 0.25) is 4.47 Å². The summed E-state index contributed by atoms with van der Waals surface area (Å²) >= 11 is 6.44. The van der Waals surface area contributed by atoms with Crippen molar-refractivity contribution in [3.63, 3.8) is 0 Å². The summed E-state index contributed by atoms with van der Waals surface area (Å²) in [6.45, 7) is 1.14. The van der Waals surface area contributed by atoms with Crippen molar-refractivity contribution < 1.29 is 17.2 Å². The highest BCUT2D eigenvalue weighted by Crippen LogP contribution is 2.26. The van der Waals surface area contributed by atoms with Gasteiger partial charge in [-0.25, -0.2) is 26.9 Å². The van der Waals surface area contributed by atoms with E-state index in [4.69, 9.17) is 11.6 Å². The summed E-state index contributed by atoms with van der Waals surface area (Å²) in [6, 6.07) is 2.83. The van der Waals surface area contributed by atoms with Crippen LogP contribution in [0.3, 0.4) is 0 Å². The summed E-state index contributed by atoms with van der Waals surface area (Å²) < 4.78 is 52.7. The Hall–Kier alpha value is -1.09. The van der Waals surface area contributed by atoms with Crippen LogP contribution in [0.5, 0.6) is 0 Å². The van der Waals surface area contributed by atoms with Gasteiger partial charge in [0.15, 0.2) is 8.68 Å². The zero-order chi connectivity index (χ0) is 14.9. The monoisotopic (exact) mass is 338 g/mol. The molecule has 0 saturated heterocycles. The van der Waals surface area contributed by atoms with Gasteiger partial charge in [0.25, 0.3) is 10.0 Å². The molecule has 0 spiro atoms. The second-order valence-corrected chi connectivity index (χ2v) is 7.44. The van der Waals surface area contributed by atoms with Gasteiger partial charge in [0.05, 0.1) is 5.69 Å². The summed E-state index contributed by atoms with van der Waals surface area (Å²) in [5, 5.41) is 0. The number of thiazole rings is 1. The zero-order valence-corrected chi connectivity index (χ0v) is 12.5. The summed E-state index contributed by atoms with van der Waals surface area (Å²) in [5.74, 6) is -1.33. The van der Waals surface area contributed by atoms with Crippen LogP contribution < -0.4 is 4.72 Å². The van der Waals surface area contributed by atoms with E-state index in [-0.39, 0.29) is 26.5 Å². The largest absolute Gasteiger partial charge is 0.252 e. The molecular weight excluding hydrogens is 330 g/mol. The van der Waals surface area contributed by atoms with Crippen molar-refractivity contribution in [3.8, 4) is 0 Å². The van der Waals surface area contributed by atoms with Crippen molar-refractivity contribution >= 4 is 33.0 Å². The van der Waals surface area contributed by atoms with E-state index in [9.17, 15) is 17.2 Å². The molecule has 9 heteroatoms. The van der Waals surface area contributed by atoms with E-state index >= 15 is 0 Å². The maximum atomic E-state index is 13.4. The van der Waals surface area contributed by atoms with Gasteiger partial charge in [-0.3, -0.25) is 0 Å². The second-order valence-electron chi connectivity index (χ2n) is 3.90. The van der Waals surface area contributed by atoms with Crippen LogP contribution in [-0.2, 0) is 16.6 Å². The molecule has 1 aromatic heterocycles. The van der Waals surface area contributed by atoms with E-state index in [0.29, 0.717) is 0 Å². The lowest BCUT2D eigenvalue weighted by Crippen LogP contribution is -2.23. The molecule has 0 bridgehead atoms. The molecule has 1 N–H and O–H groups in total. The number of sulfonamides is 1. The molecule has 2 rings (SSSR count). The highest BCUT2D eigenvalue weighted by atomic mass is 35.5. The van der Waals surface area contributed by atoms with Crippen LogP contribution in [0.25, 0.3) is 0 Å². The van der Waals surface area contributed by atoms with Crippen molar-refractivity contribution in [2.75, 3.05) is 0 Å². The Kier molecular flexibility index (Phi) is 4.38. The zero-order valence-electron chi connectivity index (χ0n) is 10.2. The number of aromatic nitrogens is 1. The van der Waals surface area contributed by atoms with Crippen molar-refractivity contribution in [1.29, 1.82) is 0 Å². The first-order valence-corrected chi connectivity index (χ1v) is 8.04. The Labute approximate surface area is 123 Å². The molecule has 108 valence electrons. The molecule has 4 nitrogen and oxygen atoms in total. The number of nitrogens with zero attached hydrogens (tertiary/aromatic N) is 1. The van der Waals surface area contributed by atoms with Crippen LogP contribution in [0.15, 0.2) is 22.4 Å². The lowest BCUT2D eigenvalue weighted by molar-refractivity contribution is 0.567. The van der Waals surface area contributed by atoms with E-state index in [1.807, 2.05) is 0 Å². The van der Waals surface area contributed by atoms with Gasteiger partial charge >= 0.3 is 0 Å². The Bertz CT molecular complexity index is 747. The SMILES string of the molecule is Cc1nc(Cl)sc1S(=O)(=O)NCc1cc(F)ccc1F. The summed E-state index contributed by atoms with van der Waals surface area (Å²) in [6.07, 6.45) is 0. The smallest absolute Gasteiger partial charge is 0.229 e. The number of hydrogen-bond acceptors (Lipinski definition) is 4. The van der Waals surface area contributed by atoms with Gasteiger partial charge < -0.3 is 0 Å². The average molecular weight is 339 g/mol. The number of nitrogens with one attached hydrogen (secondary N) is 1. The van der Waals surface area contributed by atoms with Gasteiger partial charge in [-0.15, -0.1) is 0 Å². The molecule has 0 unspecified atom stereocenters. The lowest BCUT2D eigenvalue weighted by atomic mass is 10.2. The van der Waals surface area contributed by atoms with Gasteiger partial charge in [0, 0.05) is 12.1 Å². The Morgan fingerprint density at radius 2 is 2.10 bits per heavy atom. The predicted molar refractivity (Wildman–Crippen MR) is 72.2 cm³/mol. The molecule has 20 heavy (non-hydrogen) atoms. The molecule has 0 radical (unpaired) electrons. The fourth-order valence-corrected chi connectivity index (χ4v) is 4.31. The maximum Gasteiger partial charge on any atom is 0.252 e. The molecule has 0 amide bonds. The van der Waals surface area contributed by atoms with Crippen molar-refractivity contribution in [1.82, 2.24) is 9.71 Å². The molecule has 0 fully saturated rings. The molecule has 0 aliphatic heterocycles. The van der Waals surface area contributed by atoms with Crippen LogP contribution in [-0.4, -0.2) is 13.4 Å². The minimum atomic E-state index is -3.87.